The topological polar surface area (TPSA) is 75.9 Å². The number of nitrogens with zero attached hydrogens (tertiary/aromatic N) is 3. The number of alkyl carbamates (subject to hydrolysis) is 1. The maximum Gasteiger partial charge on any atom is 0.407 e. The SMILES string of the molecule is CC(C)(C)OC(=O)NCC1CCCN(Cc2cc(=O)n3ccsc3n2)C1. The van der Waals surface area contributed by atoms with Crippen LogP contribution in [0.25, 0.3) is 4.96 Å². The van der Waals surface area contributed by atoms with Gasteiger partial charge in [-0.3, -0.25) is 14.1 Å². The van der Waals surface area contributed by atoms with Gasteiger partial charge in [-0.1, -0.05) is 0 Å². The number of hydrogen-bond donors (Lipinski definition) is 1. The molecule has 0 aromatic carbocycles. The molecule has 142 valence electrons. The third-order valence-corrected chi connectivity index (χ3v) is 5.04. The average molecular weight is 378 g/mol. The van der Waals surface area contributed by atoms with Gasteiger partial charge in [0, 0.05) is 37.3 Å². The van der Waals surface area contributed by atoms with Crippen LogP contribution in [0.1, 0.15) is 39.3 Å². The van der Waals surface area contributed by atoms with Crippen LogP contribution in [-0.2, 0) is 11.3 Å². The maximum atomic E-state index is 12.1. The fourth-order valence-electron chi connectivity index (χ4n) is 3.20. The van der Waals surface area contributed by atoms with Crippen LogP contribution in [0.4, 0.5) is 4.79 Å². The molecule has 8 heteroatoms. The number of rotatable bonds is 4. The molecule has 26 heavy (non-hydrogen) atoms. The van der Waals surface area contributed by atoms with E-state index >= 15 is 0 Å². The van der Waals surface area contributed by atoms with Crippen molar-refractivity contribution < 1.29 is 9.53 Å². The van der Waals surface area contributed by atoms with E-state index in [1.54, 1.807) is 16.7 Å². The first-order valence-electron chi connectivity index (χ1n) is 8.95. The summed E-state index contributed by atoms with van der Waals surface area (Å²) in [6.07, 6.45) is 3.53. The number of fused-ring (bicyclic) bond motifs is 1. The van der Waals surface area contributed by atoms with Gasteiger partial charge in [0.05, 0.1) is 5.69 Å². The van der Waals surface area contributed by atoms with Gasteiger partial charge in [-0.25, -0.2) is 9.78 Å². The van der Waals surface area contributed by atoms with E-state index in [1.165, 1.54) is 11.3 Å². The summed E-state index contributed by atoms with van der Waals surface area (Å²) in [4.78, 5) is 31.5. The summed E-state index contributed by atoms with van der Waals surface area (Å²) in [5, 5.41) is 4.74. The molecule has 1 fully saturated rings. The smallest absolute Gasteiger partial charge is 0.407 e. The molecule has 1 amide bonds. The number of piperidine rings is 1. The highest BCUT2D eigenvalue weighted by Gasteiger charge is 2.22. The number of amides is 1. The van der Waals surface area contributed by atoms with Gasteiger partial charge < -0.3 is 10.1 Å². The molecule has 0 saturated carbocycles. The molecule has 3 rings (SSSR count). The van der Waals surface area contributed by atoms with Crippen LogP contribution in [0.5, 0.6) is 0 Å². The number of nitrogens with one attached hydrogen (secondary N) is 1. The van der Waals surface area contributed by atoms with Crippen molar-refractivity contribution in [1.29, 1.82) is 0 Å². The molecular weight excluding hydrogens is 352 g/mol. The predicted octanol–water partition coefficient (Wildman–Crippen LogP) is 2.49. The molecule has 0 bridgehead atoms. The lowest BCUT2D eigenvalue weighted by molar-refractivity contribution is 0.0506. The first-order chi connectivity index (χ1) is 12.3. The minimum Gasteiger partial charge on any atom is -0.444 e. The molecule has 1 saturated heterocycles. The monoisotopic (exact) mass is 378 g/mol. The Morgan fingerprint density at radius 1 is 1.46 bits per heavy atom. The van der Waals surface area contributed by atoms with Crippen LogP contribution in [0, 0.1) is 5.92 Å². The van der Waals surface area contributed by atoms with Crippen LogP contribution in [0.2, 0.25) is 0 Å². The molecule has 1 aliphatic rings. The van der Waals surface area contributed by atoms with Gasteiger partial charge in [-0.05, 0) is 46.1 Å². The first kappa shape index (κ1) is 18.8. The number of ether oxygens (including phenoxy) is 1. The highest BCUT2D eigenvalue weighted by Crippen LogP contribution is 2.18. The van der Waals surface area contributed by atoms with Crippen LogP contribution >= 0.6 is 11.3 Å². The molecule has 1 atom stereocenters. The quantitative estimate of drug-likeness (QED) is 0.885. The lowest BCUT2D eigenvalue weighted by Gasteiger charge is -2.32. The Kier molecular flexibility index (Phi) is 5.62. The molecule has 1 unspecified atom stereocenters. The molecule has 0 aliphatic carbocycles. The van der Waals surface area contributed by atoms with E-state index in [4.69, 9.17) is 4.74 Å². The second-order valence-corrected chi connectivity index (χ2v) is 8.64. The minimum atomic E-state index is -0.483. The van der Waals surface area contributed by atoms with Gasteiger partial charge in [0.1, 0.15) is 5.60 Å². The number of aromatic nitrogens is 2. The van der Waals surface area contributed by atoms with Crippen LogP contribution < -0.4 is 10.9 Å². The van der Waals surface area contributed by atoms with Crippen LogP contribution in [0.15, 0.2) is 22.4 Å². The normalized spacial score (nSPS) is 18.8. The fourth-order valence-corrected chi connectivity index (χ4v) is 3.94. The third-order valence-electron chi connectivity index (χ3n) is 4.28. The standard InChI is InChI=1S/C18H26N4O3S/c1-18(2,3)25-17(24)19-10-13-5-4-6-21(11-13)12-14-9-15(23)22-7-8-26-16(22)20-14/h7-9,13H,4-6,10-12H2,1-3H3,(H,19,24). The van der Waals surface area contributed by atoms with Crippen molar-refractivity contribution >= 4 is 22.4 Å². The summed E-state index contributed by atoms with van der Waals surface area (Å²) in [6, 6.07) is 1.61. The molecule has 0 spiro atoms. The zero-order valence-corrected chi connectivity index (χ0v) is 16.3. The zero-order valence-electron chi connectivity index (χ0n) is 15.5. The summed E-state index contributed by atoms with van der Waals surface area (Å²) >= 11 is 1.47. The van der Waals surface area contributed by atoms with Crippen molar-refractivity contribution in [2.75, 3.05) is 19.6 Å². The van der Waals surface area contributed by atoms with Crippen molar-refractivity contribution in [1.82, 2.24) is 19.6 Å². The molecular formula is C18H26N4O3S. The predicted molar refractivity (Wildman–Crippen MR) is 102 cm³/mol. The van der Waals surface area contributed by atoms with E-state index in [-0.39, 0.29) is 11.7 Å². The van der Waals surface area contributed by atoms with E-state index in [9.17, 15) is 9.59 Å². The van der Waals surface area contributed by atoms with Crippen LogP contribution in [0.3, 0.4) is 0 Å². The largest absolute Gasteiger partial charge is 0.444 e. The Bertz CT molecular complexity index is 824. The maximum absolute atomic E-state index is 12.1. The van der Waals surface area contributed by atoms with Crippen molar-refractivity contribution in [2.45, 2.75) is 45.8 Å². The van der Waals surface area contributed by atoms with E-state index in [2.05, 4.69) is 15.2 Å². The number of carbonyl (C=O) groups is 1. The van der Waals surface area contributed by atoms with Gasteiger partial charge in [0.25, 0.3) is 5.56 Å². The number of carbonyl (C=O) groups excluding carboxylic acids is 1. The molecule has 2 aromatic rings. The minimum absolute atomic E-state index is 0.0357. The Hall–Kier alpha value is -1.93. The number of thiazole rings is 1. The molecule has 3 heterocycles. The average Bonchev–Trinajstić information content (AvgIpc) is 3.01. The first-order valence-corrected chi connectivity index (χ1v) is 9.83. The van der Waals surface area contributed by atoms with Gasteiger partial charge in [-0.2, -0.15) is 0 Å². The Balaban J connectivity index is 1.54. The lowest BCUT2D eigenvalue weighted by Crippen LogP contribution is -2.42. The summed E-state index contributed by atoms with van der Waals surface area (Å²) in [5.41, 5.74) is 0.285. The van der Waals surface area contributed by atoms with Crippen molar-refractivity contribution in [3.8, 4) is 0 Å². The Labute approximate surface area is 157 Å². The van der Waals surface area contributed by atoms with E-state index in [1.807, 2.05) is 26.2 Å². The van der Waals surface area contributed by atoms with Gasteiger partial charge in [-0.15, -0.1) is 11.3 Å². The van der Waals surface area contributed by atoms with Gasteiger partial charge >= 0.3 is 6.09 Å². The van der Waals surface area contributed by atoms with Crippen molar-refractivity contribution in [3.63, 3.8) is 0 Å². The summed E-state index contributed by atoms with van der Waals surface area (Å²) in [6.45, 7) is 8.69. The van der Waals surface area contributed by atoms with E-state index in [0.717, 1.165) is 36.6 Å². The van der Waals surface area contributed by atoms with Crippen molar-refractivity contribution in [3.05, 3.63) is 33.7 Å². The van der Waals surface area contributed by atoms with Crippen molar-refractivity contribution in [2.24, 2.45) is 5.92 Å². The molecule has 1 N–H and O–H groups in total. The number of likely N-dealkylation sites (tertiary alicyclic amines) is 1. The number of hydrogen-bond acceptors (Lipinski definition) is 6. The van der Waals surface area contributed by atoms with Gasteiger partial charge in [0.2, 0.25) is 0 Å². The molecule has 0 radical (unpaired) electrons. The molecule has 1 aliphatic heterocycles. The second kappa shape index (κ2) is 7.75. The Morgan fingerprint density at radius 2 is 2.27 bits per heavy atom. The summed E-state index contributed by atoms with van der Waals surface area (Å²) < 4.78 is 6.86. The lowest BCUT2D eigenvalue weighted by atomic mass is 9.98. The summed E-state index contributed by atoms with van der Waals surface area (Å²) in [5.74, 6) is 0.378. The molecule has 2 aromatic heterocycles. The van der Waals surface area contributed by atoms with Crippen LogP contribution in [-0.4, -0.2) is 45.6 Å². The highest BCUT2D eigenvalue weighted by atomic mass is 32.1. The third kappa shape index (κ3) is 5.04. The summed E-state index contributed by atoms with van der Waals surface area (Å²) in [7, 11) is 0. The highest BCUT2D eigenvalue weighted by molar-refractivity contribution is 7.15. The second-order valence-electron chi connectivity index (χ2n) is 7.77. The fraction of sp³-hybridized carbons (Fsp3) is 0.611. The zero-order chi connectivity index (χ0) is 18.7. The van der Waals surface area contributed by atoms with Gasteiger partial charge in [0.15, 0.2) is 4.96 Å². The Morgan fingerprint density at radius 3 is 3.04 bits per heavy atom. The molecule has 7 nitrogen and oxygen atoms in total. The van der Waals surface area contributed by atoms with E-state index in [0.29, 0.717) is 19.0 Å². The van der Waals surface area contributed by atoms with E-state index < -0.39 is 5.60 Å².